The van der Waals surface area contributed by atoms with E-state index in [4.69, 9.17) is 14.2 Å². The Bertz CT molecular complexity index is 271. The predicted molar refractivity (Wildman–Crippen MR) is 62.4 cm³/mol. The molecule has 0 aromatic heterocycles. The average Bonchev–Trinajstić information content (AvgIpc) is 2.79. The van der Waals surface area contributed by atoms with Crippen molar-refractivity contribution in [1.29, 1.82) is 0 Å². The molecule has 1 aliphatic carbocycles. The lowest BCUT2D eigenvalue weighted by Crippen LogP contribution is -2.45. The SMILES string of the molecule is CCOC(=O)C1CCC2(OCCO2)C(CC)C1. The van der Waals surface area contributed by atoms with Gasteiger partial charge in [-0.05, 0) is 26.2 Å². The van der Waals surface area contributed by atoms with Crippen LogP contribution in [0, 0.1) is 11.8 Å². The molecular formula is C13H22O4. The number of carbonyl (C=O) groups is 1. The Hall–Kier alpha value is -0.610. The summed E-state index contributed by atoms with van der Waals surface area (Å²) in [6.45, 7) is 5.80. The highest BCUT2D eigenvalue weighted by molar-refractivity contribution is 5.72. The molecule has 1 heterocycles. The fourth-order valence-corrected chi connectivity index (χ4v) is 3.02. The molecule has 2 unspecified atom stereocenters. The van der Waals surface area contributed by atoms with Crippen LogP contribution >= 0.6 is 0 Å². The van der Waals surface area contributed by atoms with Crippen molar-refractivity contribution in [3.05, 3.63) is 0 Å². The molecule has 4 nitrogen and oxygen atoms in total. The molecule has 1 saturated carbocycles. The van der Waals surface area contributed by atoms with Crippen molar-refractivity contribution in [3.63, 3.8) is 0 Å². The van der Waals surface area contributed by atoms with E-state index in [1.165, 1.54) is 0 Å². The van der Waals surface area contributed by atoms with E-state index in [0.29, 0.717) is 25.7 Å². The van der Waals surface area contributed by atoms with Gasteiger partial charge in [-0.2, -0.15) is 0 Å². The van der Waals surface area contributed by atoms with Crippen LogP contribution < -0.4 is 0 Å². The average molecular weight is 242 g/mol. The van der Waals surface area contributed by atoms with Crippen LogP contribution in [-0.2, 0) is 19.0 Å². The van der Waals surface area contributed by atoms with Gasteiger partial charge in [0.15, 0.2) is 5.79 Å². The summed E-state index contributed by atoms with van der Waals surface area (Å²) in [5.41, 5.74) is 0. The van der Waals surface area contributed by atoms with E-state index in [-0.39, 0.29) is 11.9 Å². The molecule has 1 spiro atoms. The van der Waals surface area contributed by atoms with E-state index >= 15 is 0 Å². The summed E-state index contributed by atoms with van der Waals surface area (Å²) in [7, 11) is 0. The lowest BCUT2D eigenvalue weighted by Gasteiger charge is -2.41. The van der Waals surface area contributed by atoms with Crippen LogP contribution in [0.4, 0.5) is 0 Å². The highest BCUT2D eigenvalue weighted by Gasteiger charge is 2.48. The smallest absolute Gasteiger partial charge is 0.308 e. The van der Waals surface area contributed by atoms with Crippen LogP contribution in [0.15, 0.2) is 0 Å². The Labute approximate surface area is 103 Å². The monoisotopic (exact) mass is 242 g/mol. The lowest BCUT2D eigenvalue weighted by molar-refractivity contribution is -0.221. The van der Waals surface area contributed by atoms with Gasteiger partial charge in [0.1, 0.15) is 0 Å². The number of rotatable bonds is 3. The fraction of sp³-hybridized carbons (Fsp3) is 0.923. The summed E-state index contributed by atoms with van der Waals surface area (Å²) in [6, 6.07) is 0. The molecule has 17 heavy (non-hydrogen) atoms. The second kappa shape index (κ2) is 5.36. The molecule has 0 N–H and O–H groups in total. The normalized spacial score (nSPS) is 31.6. The Kier molecular flexibility index (Phi) is 4.05. The van der Waals surface area contributed by atoms with Gasteiger partial charge in [0, 0.05) is 12.3 Å². The molecule has 2 aliphatic rings. The predicted octanol–water partition coefficient (Wildman–Crippen LogP) is 2.12. The minimum absolute atomic E-state index is 0.0262. The van der Waals surface area contributed by atoms with Crippen molar-refractivity contribution in [3.8, 4) is 0 Å². The summed E-state index contributed by atoms with van der Waals surface area (Å²) in [4.78, 5) is 11.8. The fourth-order valence-electron chi connectivity index (χ4n) is 3.02. The lowest BCUT2D eigenvalue weighted by atomic mass is 9.75. The van der Waals surface area contributed by atoms with Crippen molar-refractivity contribution < 1.29 is 19.0 Å². The second-order valence-electron chi connectivity index (χ2n) is 4.84. The van der Waals surface area contributed by atoms with Crippen molar-refractivity contribution >= 4 is 5.97 Å². The van der Waals surface area contributed by atoms with Crippen molar-refractivity contribution in [2.24, 2.45) is 11.8 Å². The van der Waals surface area contributed by atoms with E-state index in [1.54, 1.807) is 0 Å². The van der Waals surface area contributed by atoms with Crippen LogP contribution in [0.25, 0.3) is 0 Å². The Morgan fingerprint density at radius 2 is 2.06 bits per heavy atom. The van der Waals surface area contributed by atoms with Crippen molar-refractivity contribution in [2.45, 2.75) is 45.3 Å². The maximum absolute atomic E-state index is 11.8. The van der Waals surface area contributed by atoms with E-state index in [2.05, 4.69) is 6.92 Å². The van der Waals surface area contributed by atoms with Gasteiger partial charge in [-0.25, -0.2) is 0 Å². The molecule has 0 radical (unpaired) electrons. The minimum atomic E-state index is -0.405. The largest absolute Gasteiger partial charge is 0.466 e. The number of hydrogen-bond donors (Lipinski definition) is 0. The Morgan fingerprint density at radius 3 is 2.65 bits per heavy atom. The first-order valence-corrected chi connectivity index (χ1v) is 6.66. The van der Waals surface area contributed by atoms with Gasteiger partial charge in [-0.1, -0.05) is 6.92 Å². The zero-order chi connectivity index (χ0) is 12.3. The van der Waals surface area contributed by atoms with Crippen molar-refractivity contribution in [2.75, 3.05) is 19.8 Å². The Morgan fingerprint density at radius 1 is 1.35 bits per heavy atom. The van der Waals surface area contributed by atoms with E-state index in [1.807, 2.05) is 6.92 Å². The molecule has 0 bridgehead atoms. The van der Waals surface area contributed by atoms with Gasteiger partial charge < -0.3 is 14.2 Å². The van der Waals surface area contributed by atoms with Crippen LogP contribution in [0.5, 0.6) is 0 Å². The number of esters is 1. The molecule has 1 saturated heterocycles. The molecular weight excluding hydrogens is 220 g/mol. The third-order valence-electron chi connectivity index (χ3n) is 3.92. The van der Waals surface area contributed by atoms with Crippen molar-refractivity contribution in [1.82, 2.24) is 0 Å². The van der Waals surface area contributed by atoms with Gasteiger partial charge in [-0.3, -0.25) is 4.79 Å². The van der Waals surface area contributed by atoms with Crippen LogP contribution in [0.1, 0.15) is 39.5 Å². The third kappa shape index (κ3) is 2.47. The van der Waals surface area contributed by atoms with Crippen LogP contribution in [-0.4, -0.2) is 31.6 Å². The molecule has 2 atom stereocenters. The summed E-state index contributed by atoms with van der Waals surface area (Å²) in [6.07, 6.45) is 3.44. The van der Waals surface area contributed by atoms with Gasteiger partial charge in [0.05, 0.1) is 25.7 Å². The summed E-state index contributed by atoms with van der Waals surface area (Å²) in [5, 5.41) is 0. The minimum Gasteiger partial charge on any atom is -0.466 e. The second-order valence-corrected chi connectivity index (χ2v) is 4.84. The Balaban J connectivity index is 1.99. The molecule has 1 aliphatic heterocycles. The maximum Gasteiger partial charge on any atom is 0.308 e. The quantitative estimate of drug-likeness (QED) is 0.711. The number of ether oxygens (including phenoxy) is 3. The van der Waals surface area contributed by atoms with E-state index in [9.17, 15) is 4.79 Å². The number of hydrogen-bond acceptors (Lipinski definition) is 4. The first-order chi connectivity index (χ1) is 8.22. The number of carbonyl (C=O) groups excluding carboxylic acids is 1. The van der Waals surface area contributed by atoms with E-state index in [0.717, 1.165) is 25.7 Å². The van der Waals surface area contributed by atoms with Gasteiger partial charge >= 0.3 is 5.97 Å². The topological polar surface area (TPSA) is 44.8 Å². The summed E-state index contributed by atoms with van der Waals surface area (Å²) in [5.74, 6) is -0.122. The molecule has 98 valence electrons. The summed E-state index contributed by atoms with van der Waals surface area (Å²) >= 11 is 0. The summed E-state index contributed by atoms with van der Waals surface area (Å²) < 4.78 is 16.7. The molecule has 4 heteroatoms. The standard InChI is InChI=1S/C13H22O4/c1-3-11-9-10(12(14)15-4-2)5-6-13(11)16-7-8-17-13/h10-11H,3-9H2,1-2H3. The molecule has 0 aromatic rings. The van der Waals surface area contributed by atoms with Crippen LogP contribution in [0.3, 0.4) is 0 Å². The van der Waals surface area contributed by atoms with Crippen LogP contribution in [0.2, 0.25) is 0 Å². The molecule has 2 fully saturated rings. The van der Waals surface area contributed by atoms with Gasteiger partial charge in [-0.15, -0.1) is 0 Å². The molecule has 0 amide bonds. The van der Waals surface area contributed by atoms with E-state index < -0.39 is 5.79 Å². The zero-order valence-electron chi connectivity index (χ0n) is 10.7. The highest BCUT2D eigenvalue weighted by atomic mass is 16.7. The first-order valence-electron chi connectivity index (χ1n) is 6.66. The first kappa shape index (κ1) is 12.8. The zero-order valence-corrected chi connectivity index (χ0v) is 10.7. The maximum atomic E-state index is 11.8. The molecule has 2 rings (SSSR count). The van der Waals surface area contributed by atoms with Gasteiger partial charge in [0.25, 0.3) is 0 Å². The highest BCUT2D eigenvalue weighted by Crippen LogP contribution is 2.44. The third-order valence-corrected chi connectivity index (χ3v) is 3.92. The molecule has 0 aromatic carbocycles. The van der Waals surface area contributed by atoms with Gasteiger partial charge in [0.2, 0.25) is 0 Å².